The van der Waals surface area contributed by atoms with E-state index in [4.69, 9.17) is 9.72 Å². The molecule has 0 bridgehead atoms. The molecule has 1 aromatic heterocycles. The number of carbonyl (C=O) groups excluding carboxylic acids is 1. The summed E-state index contributed by atoms with van der Waals surface area (Å²) in [6.45, 7) is 3.31. The molecule has 0 spiro atoms. The summed E-state index contributed by atoms with van der Waals surface area (Å²) < 4.78 is 6.83. The molecule has 0 aliphatic carbocycles. The number of rotatable bonds is 8. The molecule has 4 aromatic rings. The third-order valence-electron chi connectivity index (χ3n) is 4.83. The fraction of sp³-hybridized carbons (Fsp3) is 0.200. The third-order valence-corrected chi connectivity index (χ3v) is 5.92. The van der Waals surface area contributed by atoms with Crippen LogP contribution in [0.1, 0.15) is 35.7 Å². The standard InChI is InChI=1S/C25H24N2O2S/c1-2-3-16-29-21-14-12-19(13-15-21)24(28)26-17-18-8-10-20(11-9-18)25-27-22-6-4-5-7-23(22)30-25/h4-15H,2-3,16-17H2,1H3,(H,26,28). The largest absolute Gasteiger partial charge is 0.494 e. The summed E-state index contributed by atoms with van der Waals surface area (Å²) in [5, 5.41) is 3.98. The summed E-state index contributed by atoms with van der Waals surface area (Å²) in [4.78, 5) is 17.1. The quantitative estimate of drug-likeness (QED) is 0.355. The minimum atomic E-state index is -0.0923. The first-order valence-corrected chi connectivity index (χ1v) is 11.0. The summed E-state index contributed by atoms with van der Waals surface area (Å²) in [5.41, 5.74) is 3.79. The zero-order valence-electron chi connectivity index (χ0n) is 16.9. The van der Waals surface area contributed by atoms with E-state index in [-0.39, 0.29) is 5.91 Å². The van der Waals surface area contributed by atoms with Gasteiger partial charge in [0.1, 0.15) is 10.8 Å². The lowest BCUT2D eigenvalue weighted by atomic mass is 10.1. The van der Waals surface area contributed by atoms with Gasteiger partial charge in [0, 0.05) is 17.7 Å². The van der Waals surface area contributed by atoms with E-state index in [0.29, 0.717) is 18.7 Å². The predicted octanol–water partition coefficient (Wildman–Crippen LogP) is 6.07. The first-order valence-electron chi connectivity index (χ1n) is 10.2. The second-order valence-electron chi connectivity index (χ2n) is 7.09. The van der Waals surface area contributed by atoms with E-state index in [2.05, 4.69) is 30.4 Å². The molecule has 152 valence electrons. The number of nitrogens with one attached hydrogen (secondary N) is 1. The molecule has 1 N–H and O–H groups in total. The van der Waals surface area contributed by atoms with Gasteiger partial charge in [0.05, 0.1) is 16.8 Å². The Bertz CT molecular complexity index is 1090. The molecule has 0 fully saturated rings. The highest BCUT2D eigenvalue weighted by Crippen LogP contribution is 2.30. The van der Waals surface area contributed by atoms with Gasteiger partial charge in [0.2, 0.25) is 0 Å². The van der Waals surface area contributed by atoms with Crippen LogP contribution in [0, 0.1) is 0 Å². The molecule has 0 aliphatic heterocycles. The van der Waals surface area contributed by atoms with Crippen LogP contribution in [0.3, 0.4) is 0 Å². The fourth-order valence-electron chi connectivity index (χ4n) is 3.08. The topological polar surface area (TPSA) is 51.2 Å². The molecule has 0 saturated carbocycles. The maximum atomic E-state index is 12.4. The molecule has 0 atom stereocenters. The molecule has 5 heteroatoms. The van der Waals surface area contributed by atoms with Gasteiger partial charge in [-0.15, -0.1) is 11.3 Å². The van der Waals surface area contributed by atoms with E-state index < -0.39 is 0 Å². The Labute approximate surface area is 180 Å². The normalized spacial score (nSPS) is 10.8. The Morgan fingerprint density at radius 3 is 2.50 bits per heavy atom. The van der Waals surface area contributed by atoms with Crippen molar-refractivity contribution in [2.45, 2.75) is 26.3 Å². The van der Waals surface area contributed by atoms with Gasteiger partial charge in [-0.1, -0.05) is 49.7 Å². The number of ether oxygens (including phenoxy) is 1. The SMILES string of the molecule is CCCCOc1ccc(C(=O)NCc2ccc(-c3nc4ccccc4s3)cc2)cc1. The number of hydrogen-bond donors (Lipinski definition) is 1. The van der Waals surface area contributed by atoms with Crippen molar-refractivity contribution in [3.8, 4) is 16.3 Å². The first kappa shape index (κ1) is 20.1. The first-order chi connectivity index (χ1) is 14.7. The average molecular weight is 417 g/mol. The lowest BCUT2D eigenvalue weighted by Crippen LogP contribution is -2.22. The van der Waals surface area contributed by atoms with Gasteiger partial charge in [-0.25, -0.2) is 4.98 Å². The highest BCUT2D eigenvalue weighted by atomic mass is 32.1. The van der Waals surface area contributed by atoms with Crippen molar-refractivity contribution in [3.05, 3.63) is 83.9 Å². The van der Waals surface area contributed by atoms with Gasteiger partial charge in [-0.3, -0.25) is 4.79 Å². The van der Waals surface area contributed by atoms with Crippen LogP contribution in [-0.2, 0) is 6.54 Å². The Hall–Kier alpha value is -3.18. The second-order valence-corrected chi connectivity index (χ2v) is 8.12. The average Bonchev–Trinajstić information content (AvgIpc) is 3.23. The highest BCUT2D eigenvalue weighted by molar-refractivity contribution is 7.21. The molecule has 3 aromatic carbocycles. The van der Waals surface area contributed by atoms with Crippen LogP contribution in [-0.4, -0.2) is 17.5 Å². The monoisotopic (exact) mass is 416 g/mol. The van der Waals surface area contributed by atoms with Crippen LogP contribution in [0.4, 0.5) is 0 Å². The van der Waals surface area contributed by atoms with Gasteiger partial charge in [-0.2, -0.15) is 0 Å². The molecule has 1 amide bonds. The number of aromatic nitrogens is 1. The number of amides is 1. The molecule has 0 aliphatic rings. The van der Waals surface area contributed by atoms with Crippen LogP contribution in [0.5, 0.6) is 5.75 Å². The van der Waals surface area contributed by atoms with Crippen LogP contribution >= 0.6 is 11.3 Å². The smallest absolute Gasteiger partial charge is 0.251 e. The van der Waals surface area contributed by atoms with Crippen LogP contribution < -0.4 is 10.1 Å². The number of benzene rings is 3. The minimum Gasteiger partial charge on any atom is -0.494 e. The lowest BCUT2D eigenvalue weighted by Gasteiger charge is -2.08. The number of carbonyl (C=O) groups is 1. The summed E-state index contributed by atoms with van der Waals surface area (Å²) in [7, 11) is 0. The number of unbranched alkanes of at least 4 members (excludes halogenated alkanes) is 1. The zero-order chi connectivity index (χ0) is 20.8. The van der Waals surface area contributed by atoms with Gasteiger partial charge in [0.25, 0.3) is 5.91 Å². The number of para-hydroxylation sites is 1. The van der Waals surface area contributed by atoms with Crippen molar-refractivity contribution in [2.75, 3.05) is 6.61 Å². The van der Waals surface area contributed by atoms with E-state index in [1.807, 2.05) is 42.5 Å². The van der Waals surface area contributed by atoms with Gasteiger partial charge in [0.15, 0.2) is 0 Å². The van der Waals surface area contributed by atoms with Gasteiger partial charge < -0.3 is 10.1 Å². The minimum absolute atomic E-state index is 0.0923. The number of fused-ring (bicyclic) bond motifs is 1. The van der Waals surface area contributed by atoms with Crippen LogP contribution in [0.25, 0.3) is 20.8 Å². The summed E-state index contributed by atoms with van der Waals surface area (Å²) in [6, 6.07) is 23.6. The van der Waals surface area contributed by atoms with Crippen molar-refractivity contribution in [2.24, 2.45) is 0 Å². The summed E-state index contributed by atoms with van der Waals surface area (Å²) >= 11 is 1.69. The fourth-order valence-corrected chi connectivity index (χ4v) is 4.05. The van der Waals surface area contributed by atoms with E-state index >= 15 is 0 Å². The van der Waals surface area contributed by atoms with E-state index in [9.17, 15) is 4.79 Å². The third kappa shape index (κ3) is 4.86. The number of nitrogens with zero attached hydrogens (tertiary/aromatic N) is 1. The maximum absolute atomic E-state index is 12.4. The van der Waals surface area contributed by atoms with Crippen LogP contribution in [0.15, 0.2) is 72.8 Å². The van der Waals surface area contributed by atoms with E-state index in [1.165, 1.54) is 4.70 Å². The van der Waals surface area contributed by atoms with Crippen LogP contribution in [0.2, 0.25) is 0 Å². The molecular weight excluding hydrogens is 392 g/mol. The molecule has 0 unspecified atom stereocenters. The van der Waals surface area contributed by atoms with Gasteiger partial charge in [-0.05, 0) is 48.4 Å². The van der Waals surface area contributed by atoms with Crippen molar-refractivity contribution in [3.63, 3.8) is 0 Å². The van der Waals surface area contributed by atoms with Crippen molar-refractivity contribution >= 4 is 27.5 Å². The molecule has 30 heavy (non-hydrogen) atoms. The Kier molecular flexibility index (Phi) is 6.40. The molecular formula is C25H24N2O2S. The summed E-state index contributed by atoms with van der Waals surface area (Å²) in [5.74, 6) is 0.704. The predicted molar refractivity (Wildman–Crippen MR) is 123 cm³/mol. The number of hydrogen-bond acceptors (Lipinski definition) is 4. The van der Waals surface area contributed by atoms with Crippen molar-refractivity contribution in [1.29, 1.82) is 0 Å². The highest BCUT2D eigenvalue weighted by Gasteiger charge is 2.08. The number of thiazole rings is 1. The van der Waals surface area contributed by atoms with E-state index in [0.717, 1.165) is 40.2 Å². The molecule has 4 rings (SSSR count). The van der Waals surface area contributed by atoms with Crippen molar-refractivity contribution in [1.82, 2.24) is 10.3 Å². The Morgan fingerprint density at radius 2 is 1.77 bits per heavy atom. The zero-order valence-corrected chi connectivity index (χ0v) is 17.7. The van der Waals surface area contributed by atoms with Crippen molar-refractivity contribution < 1.29 is 9.53 Å². The summed E-state index contributed by atoms with van der Waals surface area (Å²) in [6.07, 6.45) is 2.13. The second kappa shape index (κ2) is 9.55. The Balaban J connectivity index is 1.34. The Morgan fingerprint density at radius 1 is 1.00 bits per heavy atom. The molecule has 1 heterocycles. The van der Waals surface area contributed by atoms with E-state index in [1.54, 1.807) is 23.5 Å². The lowest BCUT2D eigenvalue weighted by molar-refractivity contribution is 0.0951. The molecule has 0 radical (unpaired) electrons. The maximum Gasteiger partial charge on any atom is 0.251 e. The molecule has 4 nitrogen and oxygen atoms in total. The molecule has 0 saturated heterocycles. The van der Waals surface area contributed by atoms with Gasteiger partial charge >= 0.3 is 0 Å².